The zero-order chi connectivity index (χ0) is 17.4. The quantitative estimate of drug-likeness (QED) is 0.745. The summed E-state index contributed by atoms with van der Waals surface area (Å²) in [6.45, 7) is 12.0. The van der Waals surface area contributed by atoms with Crippen molar-refractivity contribution in [1.82, 2.24) is 4.90 Å². The van der Waals surface area contributed by atoms with Gasteiger partial charge in [-0.05, 0) is 49.2 Å². The highest BCUT2D eigenvalue weighted by Gasteiger charge is 2.14. The largest absolute Gasteiger partial charge is 0.369 e. The molecule has 3 rings (SSSR count). The van der Waals surface area contributed by atoms with Crippen LogP contribution in [0.2, 0.25) is 0 Å². The first-order chi connectivity index (χ1) is 11.7. The zero-order valence-electron chi connectivity index (χ0n) is 15.3. The maximum absolute atomic E-state index is 3.36. The zero-order valence-corrected chi connectivity index (χ0v) is 15.3. The van der Waals surface area contributed by atoms with Crippen LogP contribution in [0.4, 0.5) is 5.69 Å². The number of benzene rings is 2. The van der Waals surface area contributed by atoms with Crippen molar-refractivity contribution in [3.8, 4) is 11.1 Å². The molecule has 0 atom stereocenters. The fraction of sp³-hybridized carbons (Fsp3) is 0.364. The van der Waals surface area contributed by atoms with Gasteiger partial charge in [-0.25, -0.2) is 0 Å². The van der Waals surface area contributed by atoms with Crippen molar-refractivity contribution in [3.63, 3.8) is 0 Å². The Bertz CT molecular complexity index is 623. The van der Waals surface area contributed by atoms with Gasteiger partial charge < -0.3 is 9.80 Å². The van der Waals surface area contributed by atoms with Crippen molar-refractivity contribution in [3.05, 3.63) is 66.7 Å². The summed E-state index contributed by atoms with van der Waals surface area (Å²) in [4.78, 5) is 4.88. The van der Waals surface area contributed by atoms with Crippen LogP contribution < -0.4 is 4.90 Å². The van der Waals surface area contributed by atoms with Gasteiger partial charge >= 0.3 is 0 Å². The molecule has 0 aromatic heterocycles. The number of nitrogens with zero attached hydrogens (tertiary/aromatic N) is 2. The number of hydrogen-bond acceptors (Lipinski definition) is 2. The van der Waals surface area contributed by atoms with Crippen molar-refractivity contribution in [2.75, 3.05) is 38.1 Å². The summed E-state index contributed by atoms with van der Waals surface area (Å²) in [6.07, 6.45) is 2.85. The van der Waals surface area contributed by atoms with Gasteiger partial charge in [-0.2, -0.15) is 0 Å². The van der Waals surface area contributed by atoms with E-state index in [0.717, 1.165) is 32.6 Å². The number of anilines is 1. The molecule has 0 unspecified atom stereocenters. The Morgan fingerprint density at radius 2 is 1.58 bits per heavy atom. The Hall–Kier alpha value is -2.06. The summed E-state index contributed by atoms with van der Waals surface area (Å²) in [5, 5.41) is 0. The van der Waals surface area contributed by atoms with Gasteiger partial charge in [-0.15, -0.1) is 6.58 Å². The van der Waals surface area contributed by atoms with Crippen molar-refractivity contribution in [2.24, 2.45) is 0 Å². The predicted molar refractivity (Wildman–Crippen MR) is 107 cm³/mol. The maximum Gasteiger partial charge on any atom is 0.0373 e. The van der Waals surface area contributed by atoms with Crippen LogP contribution in [0.15, 0.2) is 61.2 Å². The van der Waals surface area contributed by atoms with Crippen molar-refractivity contribution >= 4 is 5.69 Å². The average molecular weight is 322 g/mol. The van der Waals surface area contributed by atoms with Crippen LogP contribution >= 0.6 is 0 Å². The van der Waals surface area contributed by atoms with E-state index in [4.69, 9.17) is 0 Å². The van der Waals surface area contributed by atoms with Crippen LogP contribution in [-0.4, -0.2) is 38.1 Å². The Kier molecular flexibility index (Phi) is 7.07. The molecule has 0 amide bonds. The van der Waals surface area contributed by atoms with Crippen molar-refractivity contribution < 1.29 is 0 Å². The Morgan fingerprint density at radius 1 is 0.958 bits per heavy atom. The fourth-order valence-electron chi connectivity index (χ4n) is 2.88. The van der Waals surface area contributed by atoms with Crippen LogP contribution in [-0.2, 0) is 6.42 Å². The van der Waals surface area contributed by atoms with E-state index in [0.29, 0.717) is 0 Å². The number of allylic oxidation sites excluding steroid dienone is 1. The van der Waals surface area contributed by atoms with Gasteiger partial charge in [0, 0.05) is 31.9 Å². The molecular formula is C22H30N2. The molecule has 1 aliphatic heterocycles. The second-order valence-electron chi connectivity index (χ2n) is 6.30. The number of piperazine rings is 1. The molecule has 2 aromatic carbocycles. The maximum atomic E-state index is 3.36. The predicted octanol–water partition coefficient (Wildman–Crippen LogP) is 4.86. The number of hydrogen-bond donors (Lipinski definition) is 0. The average Bonchev–Trinajstić information content (AvgIpc) is 2.63. The molecule has 0 spiro atoms. The first kappa shape index (κ1) is 18.3. The molecular weight excluding hydrogens is 292 g/mol. The Balaban J connectivity index is 0.000000647. The van der Waals surface area contributed by atoms with E-state index in [-0.39, 0.29) is 0 Å². The van der Waals surface area contributed by atoms with E-state index in [9.17, 15) is 0 Å². The highest BCUT2D eigenvalue weighted by atomic mass is 15.2. The van der Waals surface area contributed by atoms with Gasteiger partial charge in [-0.3, -0.25) is 0 Å². The molecule has 128 valence electrons. The monoisotopic (exact) mass is 322 g/mol. The van der Waals surface area contributed by atoms with Gasteiger partial charge in [0.05, 0.1) is 0 Å². The lowest BCUT2D eigenvalue weighted by Gasteiger charge is -2.34. The molecule has 1 aliphatic rings. The first-order valence-electron chi connectivity index (χ1n) is 8.87. The normalized spacial score (nSPS) is 14.7. The molecule has 24 heavy (non-hydrogen) atoms. The number of rotatable bonds is 3. The lowest BCUT2D eigenvalue weighted by atomic mass is 10.0. The first-order valence-corrected chi connectivity index (χ1v) is 8.87. The summed E-state index contributed by atoms with van der Waals surface area (Å²) in [6, 6.07) is 17.9. The molecule has 2 nitrogen and oxygen atoms in total. The lowest BCUT2D eigenvalue weighted by molar-refractivity contribution is 0.313. The van der Waals surface area contributed by atoms with Crippen LogP contribution in [0.3, 0.4) is 0 Å². The van der Waals surface area contributed by atoms with Crippen LogP contribution in [0.25, 0.3) is 11.1 Å². The molecule has 0 radical (unpaired) electrons. The second-order valence-corrected chi connectivity index (χ2v) is 6.30. The summed E-state index contributed by atoms with van der Waals surface area (Å²) in [5.74, 6) is 0. The molecule has 2 heteroatoms. The molecule has 0 bridgehead atoms. The van der Waals surface area contributed by atoms with Crippen LogP contribution in [0, 0.1) is 0 Å². The van der Waals surface area contributed by atoms with E-state index in [1.54, 1.807) is 6.08 Å². The van der Waals surface area contributed by atoms with E-state index < -0.39 is 0 Å². The van der Waals surface area contributed by atoms with Gasteiger partial charge in [-0.1, -0.05) is 49.4 Å². The summed E-state index contributed by atoms with van der Waals surface area (Å²) in [7, 11) is 2.20. The smallest absolute Gasteiger partial charge is 0.0373 e. The Labute approximate surface area is 147 Å². The van der Waals surface area contributed by atoms with Crippen molar-refractivity contribution in [2.45, 2.75) is 20.3 Å². The summed E-state index contributed by atoms with van der Waals surface area (Å²) in [5.41, 5.74) is 5.37. The third kappa shape index (κ3) is 4.97. The number of aryl methyl sites for hydroxylation is 1. The third-order valence-electron chi connectivity index (χ3n) is 4.41. The molecule has 1 fully saturated rings. The highest BCUT2D eigenvalue weighted by molar-refractivity contribution is 5.68. The van der Waals surface area contributed by atoms with E-state index >= 15 is 0 Å². The van der Waals surface area contributed by atoms with E-state index in [1.165, 1.54) is 22.4 Å². The van der Waals surface area contributed by atoms with E-state index in [1.807, 2.05) is 6.92 Å². The van der Waals surface area contributed by atoms with Gasteiger partial charge in [0.15, 0.2) is 0 Å². The SMILES string of the molecule is C=CC.CCc1ccc(-c2cccc(N3CCN(C)CC3)c2)cc1. The minimum Gasteiger partial charge on any atom is -0.369 e. The van der Waals surface area contributed by atoms with Crippen LogP contribution in [0.1, 0.15) is 19.4 Å². The molecule has 1 saturated heterocycles. The summed E-state index contributed by atoms with van der Waals surface area (Å²) < 4.78 is 0. The topological polar surface area (TPSA) is 6.48 Å². The third-order valence-corrected chi connectivity index (χ3v) is 4.41. The minimum absolute atomic E-state index is 1.10. The van der Waals surface area contributed by atoms with Gasteiger partial charge in [0.2, 0.25) is 0 Å². The van der Waals surface area contributed by atoms with E-state index in [2.05, 4.69) is 78.9 Å². The standard InChI is InChI=1S/C19H24N2.C3H6/c1-3-16-7-9-17(10-8-16)18-5-4-6-19(15-18)21-13-11-20(2)12-14-21;1-3-2/h4-10,15H,3,11-14H2,1-2H3;3H,1H2,2H3. The Morgan fingerprint density at radius 3 is 2.17 bits per heavy atom. The second kappa shape index (κ2) is 9.29. The molecule has 2 aromatic rings. The van der Waals surface area contributed by atoms with Gasteiger partial charge in [0.1, 0.15) is 0 Å². The van der Waals surface area contributed by atoms with Crippen LogP contribution in [0.5, 0.6) is 0 Å². The molecule has 1 heterocycles. The van der Waals surface area contributed by atoms with Crippen molar-refractivity contribution in [1.29, 1.82) is 0 Å². The summed E-state index contributed by atoms with van der Waals surface area (Å²) >= 11 is 0. The fourth-order valence-corrected chi connectivity index (χ4v) is 2.88. The number of likely N-dealkylation sites (N-methyl/N-ethyl adjacent to an activating group) is 1. The highest BCUT2D eigenvalue weighted by Crippen LogP contribution is 2.25. The molecule has 0 N–H and O–H groups in total. The molecule has 0 saturated carbocycles. The minimum atomic E-state index is 1.10. The van der Waals surface area contributed by atoms with Gasteiger partial charge in [0.25, 0.3) is 0 Å². The molecule has 0 aliphatic carbocycles. The lowest BCUT2D eigenvalue weighted by Crippen LogP contribution is -2.44.